The summed E-state index contributed by atoms with van der Waals surface area (Å²) in [5.74, 6) is -0.514. The molecular weight excluding hydrogens is 467 g/mol. The highest BCUT2D eigenvalue weighted by Crippen LogP contribution is 2.22. The van der Waals surface area contributed by atoms with E-state index in [-0.39, 0.29) is 24.1 Å². The number of carbonyl (C=O) groups is 2. The monoisotopic (exact) mass is 496 g/mol. The fraction of sp³-hybridized carbons (Fsp3) is 0.458. The number of halogens is 1. The van der Waals surface area contributed by atoms with Crippen molar-refractivity contribution in [2.45, 2.75) is 38.1 Å². The third kappa shape index (κ3) is 5.00. The first-order valence-corrected chi connectivity index (χ1v) is 11.9. The van der Waals surface area contributed by atoms with Gasteiger partial charge in [0.15, 0.2) is 0 Å². The zero-order valence-electron chi connectivity index (χ0n) is 20.3. The third-order valence-electron chi connectivity index (χ3n) is 6.69. The molecule has 11 nitrogen and oxygen atoms in total. The Kier molecular flexibility index (Phi) is 6.79. The zero-order valence-corrected chi connectivity index (χ0v) is 20.3. The number of methoxy groups -OCH3 is 1. The molecule has 12 heteroatoms. The minimum absolute atomic E-state index is 0.0761. The van der Waals surface area contributed by atoms with E-state index in [1.165, 1.54) is 22.0 Å². The van der Waals surface area contributed by atoms with Gasteiger partial charge >= 0.3 is 0 Å². The van der Waals surface area contributed by atoms with Crippen molar-refractivity contribution < 1.29 is 18.7 Å². The van der Waals surface area contributed by atoms with E-state index >= 15 is 0 Å². The summed E-state index contributed by atoms with van der Waals surface area (Å²) in [6.45, 7) is 3.39. The number of nitrogens with one attached hydrogen (secondary N) is 1. The van der Waals surface area contributed by atoms with Crippen LogP contribution in [0, 0.1) is 5.82 Å². The Bertz CT molecular complexity index is 1250. The summed E-state index contributed by atoms with van der Waals surface area (Å²) in [7, 11) is 3.42. The van der Waals surface area contributed by atoms with Crippen molar-refractivity contribution in [3.63, 3.8) is 0 Å². The Morgan fingerprint density at radius 1 is 1.25 bits per heavy atom. The standard InChI is InChI=1S/C24H29FN8O3/c1-30-21-11-17(7-9-31-13-18(14-31)36-2)28-33(21)10-8-20(24(30)35)27-23(34)22-26-15-32(29-22)12-16-5-3-4-6-19(16)25/h3-6,11,15,18,20H,7-10,12-14H2,1-2H3,(H,27,34)/t20-/m0/s1. The maximum Gasteiger partial charge on any atom is 0.291 e. The molecule has 0 spiro atoms. The highest BCUT2D eigenvalue weighted by atomic mass is 19.1. The summed E-state index contributed by atoms with van der Waals surface area (Å²) >= 11 is 0. The van der Waals surface area contributed by atoms with Crippen molar-refractivity contribution in [2.24, 2.45) is 0 Å². The molecule has 4 heterocycles. The van der Waals surface area contributed by atoms with Crippen molar-refractivity contribution in [1.29, 1.82) is 0 Å². The second kappa shape index (κ2) is 10.2. The highest BCUT2D eigenvalue weighted by Gasteiger charge is 2.32. The number of likely N-dealkylation sites (tertiary alicyclic amines) is 1. The molecule has 0 radical (unpaired) electrons. The third-order valence-corrected chi connectivity index (χ3v) is 6.69. The van der Waals surface area contributed by atoms with Crippen LogP contribution in [0.25, 0.3) is 0 Å². The highest BCUT2D eigenvalue weighted by molar-refractivity contribution is 6.00. The molecule has 0 aliphatic carbocycles. The van der Waals surface area contributed by atoms with Gasteiger partial charge in [0.2, 0.25) is 5.82 Å². The van der Waals surface area contributed by atoms with Gasteiger partial charge in [-0.1, -0.05) is 18.2 Å². The van der Waals surface area contributed by atoms with Crippen LogP contribution < -0.4 is 10.2 Å². The number of nitrogens with zero attached hydrogens (tertiary/aromatic N) is 7. The number of benzene rings is 1. The number of rotatable bonds is 8. The van der Waals surface area contributed by atoms with Crippen molar-refractivity contribution in [1.82, 2.24) is 34.8 Å². The van der Waals surface area contributed by atoms with Gasteiger partial charge in [-0.05, 0) is 12.5 Å². The lowest BCUT2D eigenvalue weighted by atomic mass is 10.1. The van der Waals surface area contributed by atoms with Gasteiger partial charge in [0, 0.05) is 58.4 Å². The number of aromatic nitrogens is 5. The number of likely N-dealkylation sites (N-methyl/N-ethyl adjacent to an activating group) is 1. The predicted octanol–water partition coefficient (Wildman–Crippen LogP) is 0.700. The quantitative estimate of drug-likeness (QED) is 0.489. The zero-order chi connectivity index (χ0) is 25.2. The van der Waals surface area contributed by atoms with E-state index in [0.717, 1.165) is 31.7 Å². The van der Waals surface area contributed by atoms with Crippen LogP contribution in [0.1, 0.15) is 28.3 Å². The van der Waals surface area contributed by atoms with Crippen LogP contribution in [-0.2, 0) is 29.0 Å². The van der Waals surface area contributed by atoms with E-state index in [2.05, 4.69) is 25.4 Å². The minimum Gasteiger partial charge on any atom is -0.379 e. The molecule has 1 fully saturated rings. The fourth-order valence-corrected chi connectivity index (χ4v) is 4.50. The van der Waals surface area contributed by atoms with Crippen LogP contribution in [0.15, 0.2) is 36.7 Å². The molecule has 0 saturated carbocycles. The molecule has 36 heavy (non-hydrogen) atoms. The summed E-state index contributed by atoms with van der Waals surface area (Å²) in [4.78, 5) is 33.8. The molecule has 2 aromatic heterocycles. The molecule has 2 amide bonds. The number of anilines is 1. The summed E-state index contributed by atoms with van der Waals surface area (Å²) in [6, 6.07) is 7.55. The van der Waals surface area contributed by atoms with Gasteiger partial charge in [0.1, 0.15) is 24.0 Å². The van der Waals surface area contributed by atoms with Crippen molar-refractivity contribution in [3.05, 3.63) is 59.6 Å². The fourth-order valence-electron chi connectivity index (χ4n) is 4.50. The van der Waals surface area contributed by atoms with E-state index in [0.29, 0.717) is 30.5 Å². The summed E-state index contributed by atoms with van der Waals surface area (Å²) in [6.07, 6.45) is 2.87. The van der Waals surface area contributed by atoms with Crippen LogP contribution in [0.4, 0.5) is 10.2 Å². The van der Waals surface area contributed by atoms with Crippen LogP contribution in [0.5, 0.6) is 0 Å². The molecule has 1 saturated heterocycles. The maximum atomic E-state index is 13.9. The van der Waals surface area contributed by atoms with E-state index in [1.807, 2.05) is 10.7 Å². The Hall–Kier alpha value is -3.64. The van der Waals surface area contributed by atoms with Gasteiger partial charge in [-0.15, -0.1) is 5.10 Å². The Morgan fingerprint density at radius 3 is 2.83 bits per heavy atom. The smallest absolute Gasteiger partial charge is 0.291 e. The molecular formula is C24H29FN8O3. The average Bonchev–Trinajstić information content (AvgIpc) is 3.46. The molecule has 0 bridgehead atoms. The van der Waals surface area contributed by atoms with Crippen LogP contribution >= 0.6 is 0 Å². The van der Waals surface area contributed by atoms with E-state index in [4.69, 9.17) is 4.74 Å². The average molecular weight is 497 g/mol. The van der Waals surface area contributed by atoms with Crippen LogP contribution in [-0.4, -0.2) is 87.2 Å². The van der Waals surface area contributed by atoms with Crippen molar-refractivity contribution in [3.8, 4) is 0 Å². The second-order valence-electron chi connectivity index (χ2n) is 9.15. The lowest BCUT2D eigenvalue weighted by molar-refractivity contribution is -0.120. The van der Waals surface area contributed by atoms with Gasteiger partial charge in [-0.2, -0.15) is 5.10 Å². The molecule has 5 rings (SSSR count). The van der Waals surface area contributed by atoms with E-state index in [9.17, 15) is 14.0 Å². The lowest BCUT2D eigenvalue weighted by Gasteiger charge is -2.37. The Labute approximate surface area is 207 Å². The topological polar surface area (TPSA) is 110 Å². The normalized spacial score (nSPS) is 18.6. The molecule has 190 valence electrons. The molecule has 1 N–H and O–H groups in total. The summed E-state index contributed by atoms with van der Waals surface area (Å²) < 4.78 is 22.4. The van der Waals surface area contributed by atoms with Gasteiger partial charge in [0.25, 0.3) is 11.8 Å². The SMILES string of the molecule is COC1CN(CCc2cc3n(n2)CC[C@H](NC(=O)c2ncn(Cc4ccccc4F)n2)C(=O)N3C)C1. The number of amides is 2. The van der Waals surface area contributed by atoms with E-state index < -0.39 is 11.9 Å². The second-order valence-corrected chi connectivity index (χ2v) is 9.15. The van der Waals surface area contributed by atoms with E-state index in [1.54, 1.807) is 32.4 Å². The number of ether oxygens (including phenoxy) is 1. The number of aryl methyl sites for hydroxylation is 1. The Morgan fingerprint density at radius 2 is 2.06 bits per heavy atom. The molecule has 1 aromatic carbocycles. The number of hydrogen-bond donors (Lipinski definition) is 1. The largest absolute Gasteiger partial charge is 0.379 e. The molecule has 2 aliphatic heterocycles. The maximum absolute atomic E-state index is 13.9. The number of hydrogen-bond acceptors (Lipinski definition) is 7. The van der Waals surface area contributed by atoms with Gasteiger partial charge in [-0.3, -0.25) is 19.4 Å². The van der Waals surface area contributed by atoms with Crippen molar-refractivity contribution in [2.75, 3.05) is 38.7 Å². The number of carbonyl (C=O) groups excluding carboxylic acids is 2. The molecule has 0 unspecified atom stereocenters. The van der Waals surface area contributed by atoms with Gasteiger partial charge in [-0.25, -0.2) is 18.7 Å². The van der Waals surface area contributed by atoms with Crippen molar-refractivity contribution >= 4 is 17.6 Å². The first kappa shape index (κ1) is 24.1. The first-order chi connectivity index (χ1) is 17.4. The molecule has 3 aromatic rings. The summed E-state index contributed by atoms with van der Waals surface area (Å²) in [5, 5.41) is 11.6. The number of fused-ring (bicyclic) bond motifs is 1. The predicted molar refractivity (Wildman–Crippen MR) is 128 cm³/mol. The molecule has 1 atom stereocenters. The van der Waals surface area contributed by atoms with Crippen LogP contribution in [0.2, 0.25) is 0 Å². The van der Waals surface area contributed by atoms with Gasteiger partial charge < -0.3 is 10.1 Å². The van der Waals surface area contributed by atoms with Crippen LogP contribution in [0.3, 0.4) is 0 Å². The Balaban J connectivity index is 1.18. The summed E-state index contributed by atoms with van der Waals surface area (Å²) in [5.41, 5.74) is 1.37. The minimum atomic E-state index is -0.738. The van der Waals surface area contributed by atoms with Gasteiger partial charge in [0.05, 0.1) is 18.3 Å². The first-order valence-electron chi connectivity index (χ1n) is 11.9. The lowest BCUT2D eigenvalue weighted by Crippen LogP contribution is -2.52. The molecule has 2 aliphatic rings.